The zero-order valence-electron chi connectivity index (χ0n) is 13.5. The van der Waals surface area contributed by atoms with Crippen LogP contribution in [0.1, 0.15) is 66.2 Å². The quantitative estimate of drug-likeness (QED) is 0.617. The number of rotatable bonds is 8. The number of phosphoric ester groups is 1. The minimum Gasteiger partial charge on any atom is -0.400 e. The number of allylic oxidation sites excluding steroid dienone is 4. The predicted molar refractivity (Wildman–Crippen MR) is 83.4 cm³/mol. The predicted octanol–water partition coefficient (Wildman–Crippen LogP) is 5.31. The van der Waals surface area contributed by atoms with Gasteiger partial charge in [0.1, 0.15) is 11.5 Å². The van der Waals surface area contributed by atoms with E-state index in [2.05, 4.69) is 27.7 Å². The lowest BCUT2D eigenvalue weighted by molar-refractivity contribution is 0.186. The molecule has 2 rings (SSSR count). The van der Waals surface area contributed by atoms with Crippen LogP contribution >= 0.6 is 7.82 Å². The van der Waals surface area contributed by atoms with E-state index in [-0.39, 0.29) is 0 Å². The van der Waals surface area contributed by atoms with Crippen LogP contribution in [0.3, 0.4) is 0 Å². The van der Waals surface area contributed by atoms with Crippen molar-refractivity contribution in [1.29, 1.82) is 0 Å². The molecule has 0 saturated heterocycles. The largest absolute Gasteiger partial charge is 0.584 e. The molecule has 0 bridgehead atoms. The SMILES string of the molecule is CCC(C)C1=C(OP(=O)(O)OC2=C(C(C)CC)CC2)CC1. The minimum atomic E-state index is -4.03. The molecule has 2 unspecified atom stereocenters. The first-order valence-corrected chi connectivity index (χ1v) is 9.53. The lowest BCUT2D eigenvalue weighted by Crippen LogP contribution is -2.16. The molecule has 4 nitrogen and oxygen atoms in total. The maximum atomic E-state index is 12.2. The highest BCUT2D eigenvalue weighted by Gasteiger charge is 2.35. The minimum absolute atomic E-state index is 0.410. The van der Waals surface area contributed by atoms with Gasteiger partial charge in [-0.1, -0.05) is 27.7 Å². The Bertz CT molecular complexity index is 464. The molecule has 0 saturated carbocycles. The summed E-state index contributed by atoms with van der Waals surface area (Å²) in [5, 5.41) is 0. The fraction of sp³-hybridized carbons (Fsp3) is 0.750. The second-order valence-corrected chi connectivity index (χ2v) is 7.47. The van der Waals surface area contributed by atoms with Gasteiger partial charge in [0.25, 0.3) is 0 Å². The molecule has 2 aliphatic rings. The van der Waals surface area contributed by atoms with Crippen LogP contribution in [0.25, 0.3) is 0 Å². The molecule has 0 aromatic heterocycles. The average molecular weight is 314 g/mol. The maximum Gasteiger partial charge on any atom is 0.584 e. The normalized spacial score (nSPS) is 23.9. The molecule has 21 heavy (non-hydrogen) atoms. The smallest absolute Gasteiger partial charge is 0.400 e. The third kappa shape index (κ3) is 3.73. The van der Waals surface area contributed by atoms with E-state index in [1.165, 1.54) is 11.1 Å². The Kier molecular flexibility index (Phi) is 5.21. The summed E-state index contributed by atoms with van der Waals surface area (Å²) in [5.41, 5.74) is 2.33. The first kappa shape index (κ1) is 16.6. The monoisotopic (exact) mass is 314 g/mol. The van der Waals surface area contributed by atoms with Crippen LogP contribution in [-0.4, -0.2) is 4.89 Å². The first-order valence-electron chi connectivity index (χ1n) is 8.03. The Morgan fingerprint density at radius 1 is 0.952 bits per heavy atom. The average Bonchev–Trinajstić information content (AvgIpc) is 2.39. The summed E-state index contributed by atoms with van der Waals surface area (Å²) in [6, 6.07) is 0. The van der Waals surface area contributed by atoms with Crippen LogP contribution in [0.4, 0.5) is 0 Å². The van der Waals surface area contributed by atoms with Gasteiger partial charge in [0, 0.05) is 12.8 Å². The van der Waals surface area contributed by atoms with E-state index in [1.807, 2.05) is 0 Å². The Labute approximate surface area is 127 Å². The highest BCUT2D eigenvalue weighted by molar-refractivity contribution is 7.47. The zero-order valence-corrected chi connectivity index (χ0v) is 14.4. The fourth-order valence-electron chi connectivity index (χ4n) is 2.78. The van der Waals surface area contributed by atoms with Gasteiger partial charge < -0.3 is 9.05 Å². The van der Waals surface area contributed by atoms with Crippen molar-refractivity contribution in [3.63, 3.8) is 0 Å². The Hall–Kier alpha value is -0.730. The summed E-state index contributed by atoms with van der Waals surface area (Å²) in [5.74, 6) is 2.15. The first-order chi connectivity index (χ1) is 9.88. The summed E-state index contributed by atoms with van der Waals surface area (Å²) in [4.78, 5) is 9.97. The highest BCUT2D eigenvalue weighted by atomic mass is 31.2. The van der Waals surface area contributed by atoms with Gasteiger partial charge in [0.15, 0.2) is 0 Å². The molecule has 2 atom stereocenters. The molecule has 1 N–H and O–H groups in total. The highest BCUT2D eigenvalue weighted by Crippen LogP contribution is 2.55. The molecule has 0 aliphatic heterocycles. The van der Waals surface area contributed by atoms with Crippen molar-refractivity contribution in [3.8, 4) is 0 Å². The summed E-state index contributed by atoms with van der Waals surface area (Å²) in [7, 11) is -4.03. The Morgan fingerprint density at radius 2 is 1.33 bits per heavy atom. The number of hydrogen-bond acceptors (Lipinski definition) is 3. The molecule has 0 aromatic rings. The molecule has 120 valence electrons. The van der Waals surface area contributed by atoms with Crippen LogP contribution in [-0.2, 0) is 13.6 Å². The van der Waals surface area contributed by atoms with Gasteiger partial charge in [0.05, 0.1) is 0 Å². The topological polar surface area (TPSA) is 55.8 Å². The molecule has 0 fully saturated rings. The molecule has 0 radical (unpaired) electrons. The van der Waals surface area contributed by atoms with Crippen molar-refractivity contribution in [3.05, 3.63) is 22.7 Å². The lowest BCUT2D eigenvalue weighted by atomic mass is 9.85. The Balaban J connectivity index is 2.02. The summed E-state index contributed by atoms with van der Waals surface area (Å²) >= 11 is 0. The maximum absolute atomic E-state index is 12.2. The molecule has 0 aromatic carbocycles. The van der Waals surface area contributed by atoms with Gasteiger partial charge in [-0.15, -0.1) is 0 Å². The Morgan fingerprint density at radius 3 is 1.57 bits per heavy atom. The van der Waals surface area contributed by atoms with Crippen molar-refractivity contribution < 1.29 is 18.5 Å². The van der Waals surface area contributed by atoms with Gasteiger partial charge in [-0.25, -0.2) is 4.57 Å². The molecule has 0 heterocycles. The third-order valence-electron chi connectivity index (χ3n) is 4.82. The number of phosphoric acid groups is 1. The van der Waals surface area contributed by atoms with Crippen LogP contribution in [0.15, 0.2) is 22.7 Å². The van der Waals surface area contributed by atoms with E-state index < -0.39 is 7.82 Å². The van der Waals surface area contributed by atoms with E-state index >= 15 is 0 Å². The van der Waals surface area contributed by atoms with Gasteiger partial charge in [0.2, 0.25) is 0 Å². The van der Waals surface area contributed by atoms with Crippen LogP contribution < -0.4 is 0 Å². The zero-order chi connectivity index (χ0) is 15.6. The van der Waals surface area contributed by atoms with Gasteiger partial charge in [-0.3, -0.25) is 4.89 Å². The van der Waals surface area contributed by atoms with E-state index in [0.717, 1.165) is 38.5 Å². The summed E-state index contributed by atoms with van der Waals surface area (Å²) in [6.07, 6.45) is 5.44. The molecule has 2 aliphatic carbocycles. The summed E-state index contributed by atoms with van der Waals surface area (Å²) < 4.78 is 22.8. The third-order valence-corrected chi connectivity index (χ3v) is 5.73. The van der Waals surface area contributed by atoms with Gasteiger partial charge in [-0.05, 0) is 48.7 Å². The van der Waals surface area contributed by atoms with Crippen molar-refractivity contribution >= 4 is 7.82 Å². The molecule has 0 amide bonds. The van der Waals surface area contributed by atoms with E-state index in [0.29, 0.717) is 23.4 Å². The van der Waals surface area contributed by atoms with Crippen LogP contribution in [0.2, 0.25) is 0 Å². The number of hydrogen-bond donors (Lipinski definition) is 1. The molecular weight excluding hydrogens is 287 g/mol. The van der Waals surface area contributed by atoms with Crippen molar-refractivity contribution in [2.24, 2.45) is 11.8 Å². The van der Waals surface area contributed by atoms with Crippen molar-refractivity contribution in [2.75, 3.05) is 0 Å². The van der Waals surface area contributed by atoms with E-state index in [9.17, 15) is 9.46 Å². The van der Waals surface area contributed by atoms with E-state index in [1.54, 1.807) is 0 Å². The molecule has 0 spiro atoms. The van der Waals surface area contributed by atoms with Crippen LogP contribution in [0.5, 0.6) is 0 Å². The second kappa shape index (κ2) is 6.58. The molecular formula is C16H27O4P. The molecule has 5 heteroatoms. The van der Waals surface area contributed by atoms with Crippen molar-refractivity contribution in [1.82, 2.24) is 0 Å². The summed E-state index contributed by atoms with van der Waals surface area (Å²) in [6.45, 7) is 8.47. The van der Waals surface area contributed by atoms with Gasteiger partial charge in [-0.2, -0.15) is 0 Å². The standard InChI is InChI=1S/C16H27O4P/c1-5-11(3)13-7-9-15(13)19-21(17,18)20-16-10-8-14(16)12(4)6-2/h11-12H,5-10H2,1-4H3,(H,17,18). The van der Waals surface area contributed by atoms with E-state index in [4.69, 9.17) is 9.05 Å². The second-order valence-electron chi connectivity index (χ2n) is 6.17. The fourth-order valence-corrected chi connectivity index (χ4v) is 3.80. The lowest BCUT2D eigenvalue weighted by Gasteiger charge is -2.31. The van der Waals surface area contributed by atoms with Gasteiger partial charge >= 0.3 is 7.82 Å². The van der Waals surface area contributed by atoms with Crippen LogP contribution in [0, 0.1) is 11.8 Å². The van der Waals surface area contributed by atoms with Crippen molar-refractivity contribution in [2.45, 2.75) is 66.2 Å².